The van der Waals surface area contributed by atoms with Gasteiger partial charge in [-0.2, -0.15) is 0 Å². The summed E-state index contributed by atoms with van der Waals surface area (Å²) in [4.78, 5) is 24.2. The highest BCUT2D eigenvalue weighted by Gasteiger charge is 2.29. The van der Waals surface area contributed by atoms with Crippen molar-refractivity contribution in [3.05, 3.63) is 0 Å². The average Bonchev–Trinajstić information content (AvgIpc) is 2.58. The van der Waals surface area contributed by atoms with Crippen LogP contribution in [0.4, 0.5) is 0 Å². The summed E-state index contributed by atoms with van der Waals surface area (Å²) in [6.45, 7) is 0.669. The van der Waals surface area contributed by atoms with Crippen LogP contribution in [0.2, 0.25) is 0 Å². The number of likely N-dealkylation sites (tertiary alicyclic amines) is 1. The molecule has 84 valence electrons. The van der Waals surface area contributed by atoms with Crippen LogP contribution in [0.1, 0.15) is 51.4 Å². The lowest BCUT2D eigenvalue weighted by atomic mass is 9.87. The largest absolute Gasteiger partial charge is 0.283 e. The van der Waals surface area contributed by atoms with Gasteiger partial charge in [0.05, 0.1) is 0 Å². The molecule has 1 saturated carbocycles. The smallest absolute Gasteiger partial charge is 0.229 e. The van der Waals surface area contributed by atoms with Gasteiger partial charge in [0.25, 0.3) is 0 Å². The van der Waals surface area contributed by atoms with Crippen molar-refractivity contribution in [2.24, 2.45) is 5.92 Å². The number of rotatable bonds is 3. The van der Waals surface area contributed by atoms with E-state index >= 15 is 0 Å². The van der Waals surface area contributed by atoms with Crippen molar-refractivity contribution in [1.29, 1.82) is 0 Å². The summed E-state index contributed by atoms with van der Waals surface area (Å²) in [6, 6.07) is 0. The van der Waals surface area contributed by atoms with Gasteiger partial charge in [-0.15, -0.1) is 0 Å². The maximum absolute atomic E-state index is 11.4. The minimum Gasteiger partial charge on any atom is -0.283 e. The second-order valence-electron chi connectivity index (χ2n) is 4.73. The second-order valence-corrected chi connectivity index (χ2v) is 4.73. The molecule has 0 aromatic heterocycles. The summed E-state index contributed by atoms with van der Waals surface area (Å²) in [5.41, 5.74) is 0. The van der Waals surface area contributed by atoms with E-state index in [4.69, 9.17) is 0 Å². The highest BCUT2D eigenvalue weighted by atomic mass is 16.2. The number of amides is 2. The average molecular weight is 209 g/mol. The molecule has 1 aliphatic carbocycles. The van der Waals surface area contributed by atoms with Crippen molar-refractivity contribution in [2.45, 2.75) is 51.4 Å². The van der Waals surface area contributed by atoms with Gasteiger partial charge in [0.1, 0.15) is 0 Å². The number of hydrogen-bond acceptors (Lipinski definition) is 2. The number of carbonyl (C=O) groups is 2. The van der Waals surface area contributed by atoms with E-state index in [9.17, 15) is 9.59 Å². The van der Waals surface area contributed by atoms with Crippen LogP contribution in [0.5, 0.6) is 0 Å². The van der Waals surface area contributed by atoms with Crippen LogP contribution >= 0.6 is 0 Å². The molecule has 2 aliphatic rings. The van der Waals surface area contributed by atoms with Crippen LogP contribution in [-0.2, 0) is 9.59 Å². The molecule has 3 heteroatoms. The highest BCUT2D eigenvalue weighted by Crippen LogP contribution is 2.27. The topological polar surface area (TPSA) is 37.4 Å². The van der Waals surface area contributed by atoms with E-state index in [1.807, 2.05) is 0 Å². The molecule has 1 aliphatic heterocycles. The molecule has 1 saturated heterocycles. The predicted molar refractivity (Wildman–Crippen MR) is 57.1 cm³/mol. The van der Waals surface area contributed by atoms with Gasteiger partial charge in [-0.25, -0.2) is 0 Å². The lowest BCUT2D eigenvalue weighted by Gasteiger charge is -2.23. The third kappa shape index (κ3) is 2.58. The van der Waals surface area contributed by atoms with Crippen molar-refractivity contribution < 1.29 is 9.59 Å². The minimum absolute atomic E-state index is 0.0378. The molecule has 0 unspecified atom stereocenters. The van der Waals surface area contributed by atoms with Crippen LogP contribution in [0.25, 0.3) is 0 Å². The Bertz CT molecular complexity index is 240. The monoisotopic (exact) mass is 209 g/mol. The summed E-state index contributed by atoms with van der Waals surface area (Å²) in [7, 11) is 0. The van der Waals surface area contributed by atoms with Crippen molar-refractivity contribution in [1.82, 2.24) is 4.90 Å². The Kier molecular flexibility index (Phi) is 3.39. The fourth-order valence-electron chi connectivity index (χ4n) is 2.66. The van der Waals surface area contributed by atoms with E-state index in [0.717, 1.165) is 12.3 Å². The van der Waals surface area contributed by atoms with E-state index < -0.39 is 0 Å². The van der Waals surface area contributed by atoms with Gasteiger partial charge < -0.3 is 0 Å². The van der Waals surface area contributed by atoms with Gasteiger partial charge in [-0.05, 0) is 12.3 Å². The van der Waals surface area contributed by atoms with Gasteiger partial charge >= 0.3 is 0 Å². The molecule has 2 amide bonds. The van der Waals surface area contributed by atoms with Gasteiger partial charge in [0.15, 0.2) is 0 Å². The predicted octanol–water partition coefficient (Wildman–Crippen LogP) is 2.11. The standard InChI is InChI=1S/C12H19NO2/c14-11-6-7-12(15)13(11)9-8-10-4-2-1-3-5-10/h10H,1-9H2. The van der Waals surface area contributed by atoms with Crippen LogP contribution in [0, 0.1) is 5.92 Å². The Labute approximate surface area is 90.8 Å². The Morgan fingerprint density at radius 3 is 2.20 bits per heavy atom. The van der Waals surface area contributed by atoms with Gasteiger partial charge in [-0.3, -0.25) is 14.5 Å². The molecular weight excluding hydrogens is 190 g/mol. The van der Waals surface area contributed by atoms with Crippen LogP contribution in [-0.4, -0.2) is 23.3 Å². The van der Waals surface area contributed by atoms with E-state index in [1.165, 1.54) is 37.0 Å². The third-order valence-corrected chi connectivity index (χ3v) is 3.64. The maximum atomic E-state index is 11.4. The Morgan fingerprint density at radius 2 is 1.60 bits per heavy atom. The number of carbonyl (C=O) groups excluding carboxylic acids is 2. The first-order valence-corrected chi connectivity index (χ1v) is 6.10. The molecule has 0 bridgehead atoms. The number of nitrogens with zero attached hydrogens (tertiary/aromatic N) is 1. The zero-order valence-electron chi connectivity index (χ0n) is 9.21. The Balaban J connectivity index is 1.76. The summed E-state index contributed by atoms with van der Waals surface area (Å²) in [5, 5.41) is 0. The third-order valence-electron chi connectivity index (χ3n) is 3.64. The van der Waals surface area contributed by atoms with Crippen molar-refractivity contribution in [3.63, 3.8) is 0 Å². The SMILES string of the molecule is O=C1CCC(=O)N1CCC1CCCCC1. The summed E-state index contributed by atoms with van der Waals surface area (Å²) in [5.74, 6) is 0.826. The van der Waals surface area contributed by atoms with Crippen LogP contribution in [0.15, 0.2) is 0 Å². The number of hydrogen-bond donors (Lipinski definition) is 0. The molecule has 3 nitrogen and oxygen atoms in total. The van der Waals surface area contributed by atoms with Crippen molar-refractivity contribution in [2.75, 3.05) is 6.54 Å². The molecule has 0 atom stereocenters. The normalized spacial score (nSPS) is 23.9. The molecule has 0 aromatic rings. The first kappa shape index (κ1) is 10.7. The van der Waals surface area contributed by atoms with Crippen LogP contribution in [0.3, 0.4) is 0 Å². The second kappa shape index (κ2) is 4.77. The number of imide groups is 1. The molecule has 2 rings (SSSR count). The molecule has 0 spiro atoms. The molecule has 0 aromatic carbocycles. The Hall–Kier alpha value is -0.860. The Morgan fingerprint density at radius 1 is 1.00 bits per heavy atom. The molecular formula is C12H19NO2. The van der Waals surface area contributed by atoms with E-state index in [2.05, 4.69) is 0 Å². The van der Waals surface area contributed by atoms with E-state index in [1.54, 1.807) is 0 Å². The molecule has 1 heterocycles. The molecule has 0 radical (unpaired) electrons. The van der Waals surface area contributed by atoms with Gasteiger partial charge in [0.2, 0.25) is 11.8 Å². The van der Waals surface area contributed by atoms with Crippen LogP contribution < -0.4 is 0 Å². The lowest BCUT2D eigenvalue weighted by molar-refractivity contribution is -0.138. The van der Waals surface area contributed by atoms with E-state index in [-0.39, 0.29) is 11.8 Å². The fraction of sp³-hybridized carbons (Fsp3) is 0.833. The quantitative estimate of drug-likeness (QED) is 0.667. The molecule has 15 heavy (non-hydrogen) atoms. The van der Waals surface area contributed by atoms with Crippen molar-refractivity contribution in [3.8, 4) is 0 Å². The van der Waals surface area contributed by atoms with Gasteiger partial charge in [-0.1, -0.05) is 32.1 Å². The van der Waals surface area contributed by atoms with Crippen molar-refractivity contribution >= 4 is 11.8 Å². The zero-order chi connectivity index (χ0) is 10.7. The van der Waals surface area contributed by atoms with Gasteiger partial charge in [0, 0.05) is 19.4 Å². The summed E-state index contributed by atoms with van der Waals surface area (Å²) >= 11 is 0. The first-order chi connectivity index (χ1) is 7.27. The fourth-order valence-corrected chi connectivity index (χ4v) is 2.66. The summed E-state index contributed by atoms with van der Waals surface area (Å²) in [6.07, 6.45) is 8.48. The lowest BCUT2D eigenvalue weighted by Crippen LogP contribution is -2.31. The first-order valence-electron chi connectivity index (χ1n) is 6.10. The zero-order valence-corrected chi connectivity index (χ0v) is 9.21. The highest BCUT2D eigenvalue weighted by molar-refractivity contribution is 6.01. The molecule has 0 N–H and O–H groups in total. The minimum atomic E-state index is 0.0378. The maximum Gasteiger partial charge on any atom is 0.229 e. The van der Waals surface area contributed by atoms with E-state index in [0.29, 0.717) is 19.4 Å². The summed E-state index contributed by atoms with van der Waals surface area (Å²) < 4.78 is 0. The molecule has 2 fully saturated rings.